The molecule has 2 aliphatic rings. The van der Waals surface area contributed by atoms with Gasteiger partial charge in [0.25, 0.3) is 0 Å². The van der Waals surface area contributed by atoms with E-state index in [1.165, 1.54) is 18.2 Å². The molecule has 0 amide bonds. The van der Waals surface area contributed by atoms with Gasteiger partial charge in [0.2, 0.25) is 5.78 Å². The van der Waals surface area contributed by atoms with Crippen LogP contribution in [0, 0.1) is 5.92 Å². The van der Waals surface area contributed by atoms with E-state index in [2.05, 4.69) is 0 Å². The molecule has 0 radical (unpaired) electrons. The van der Waals surface area contributed by atoms with Crippen molar-refractivity contribution in [1.82, 2.24) is 0 Å². The lowest BCUT2D eigenvalue weighted by molar-refractivity contribution is -0.123. The fraction of sp³-hybridized carbons (Fsp3) is 0.167. The van der Waals surface area contributed by atoms with Crippen molar-refractivity contribution in [2.24, 2.45) is 5.92 Å². The molecule has 0 aliphatic heterocycles. The summed E-state index contributed by atoms with van der Waals surface area (Å²) in [6, 6.07) is 0. The molecule has 2 atom stereocenters. The predicted octanol–water partition coefficient (Wildman–Crippen LogP) is 4.24. The number of hydrogen-bond donors (Lipinski definition) is 0. The van der Waals surface area contributed by atoms with Gasteiger partial charge < -0.3 is 0 Å². The molecular weight excluding hydrogens is 353 g/mol. The lowest BCUT2D eigenvalue weighted by Crippen LogP contribution is -2.46. The Morgan fingerprint density at radius 2 is 1.58 bits per heavy atom. The van der Waals surface area contributed by atoms with E-state index in [9.17, 15) is 9.59 Å². The van der Waals surface area contributed by atoms with Gasteiger partial charge in [-0.2, -0.15) is 0 Å². The van der Waals surface area contributed by atoms with Crippen LogP contribution in [0.4, 0.5) is 0 Å². The van der Waals surface area contributed by atoms with E-state index < -0.39 is 16.6 Å². The van der Waals surface area contributed by atoms with Crippen molar-refractivity contribution >= 4 is 69.6 Å². The Balaban J connectivity index is 2.62. The van der Waals surface area contributed by atoms with Crippen LogP contribution in [0.2, 0.25) is 0 Å². The first-order valence-corrected chi connectivity index (χ1v) is 6.94. The van der Waals surface area contributed by atoms with Crippen molar-refractivity contribution in [3.05, 3.63) is 44.4 Å². The largest absolute Gasteiger partial charge is 0.294 e. The average molecular weight is 358 g/mol. The van der Waals surface area contributed by atoms with Crippen LogP contribution in [0.3, 0.4) is 0 Å². The number of carbonyl (C=O) groups is 2. The molecule has 0 bridgehead atoms. The van der Waals surface area contributed by atoms with Crippen LogP contribution in [0.1, 0.15) is 0 Å². The van der Waals surface area contributed by atoms with Gasteiger partial charge in [-0.15, -0.1) is 11.6 Å². The van der Waals surface area contributed by atoms with E-state index in [1.54, 1.807) is 6.08 Å². The molecule has 0 aromatic heterocycles. The number of hydrogen-bond acceptors (Lipinski definition) is 2. The first kappa shape index (κ1) is 15.1. The highest BCUT2D eigenvalue weighted by Gasteiger charge is 2.53. The first-order valence-electron chi connectivity index (χ1n) is 5.05. The van der Waals surface area contributed by atoms with Crippen LogP contribution >= 0.6 is 58.0 Å². The van der Waals surface area contributed by atoms with E-state index in [1.807, 2.05) is 0 Å². The average Bonchev–Trinajstić information content (AvgIpc) is 2.41. The second-order valence-electron chi connectivity index (χ2n) is 3.92. The monoisotopic (exact) mass is 356 g/mol. The molecule has 0 fully saturated rings. The van der Waals surface area contributed by atoms with Crippen LogP contribution in [0.25, 0.3) is 0 Å². The summed E-state index contributed by atoms with van der Waals surface area (Å²) in [5.41, 5.74) is 0. The zero-order valence-corrected chi connectivity index (χ0v) is 12.9. The molecule has 0 N–H and O–H groups in total. The number of alkyl halides is 1. The van der Waals surface area contributed by atoms with E-state index in [0.29, 0.717) is 0 Å². The summed E-state index contributed by atoms with van der Waals surface area (Å²) in [4.78, 5) is 22.3. The van der Waals surface area contributed by atoms with Crippen LogP contribution < -0.4 is 0 Å². The summed E-state index contributed by atoms with van der Waals surface area (Å²) >= 11 is 29.8. The Labute approximate surface area is 134 Å². The van der Waals surface area contributed by atoms with Crippen molar-refractivity contribution in [3.8, 4) is 0 Å². The predicted molar refractivity (Wildman–Crippen MR) is 77.8 cm³/mol. The van der Waals surface area contributed by atoms with E-state index in [0.717, 1.165) is 0 Å². The Morgan fingerprint density at radius 3 is 2.16 bits per heavy atom. The molecule has 0 saturated carbocycles. The smallest absolute Gasteiger partial charge is 0.203 e. The second kappa shape index (κ2) is 5.27. The quantitative estimate of drug-likeness (QED) is 0.657. The molecule has 0 aromatic rings. The summed E-state index contributed by atoms with van der Waals surface area (Å²) in [6.45, 7) is 0. The molecule has 2 aliphatic carbocycles. The topological polar surface area (TPSA) is 34.1 Å². The maximum atomic E-state index is 12.3. The van der Waals surface area contributed by atoms with E-state index in [4.69, 9.17) is 58.0 Å². The van der Waals surface area contributed by atoms with Gasteiger partial charge in [-0.25, -0.2) is 0 Å². The maximum absolute atomic E-state index is 12.3. The summed E-state index contributed by atoms with van der Waals surface area (Å²) in [6.07, 6.45) is 5.91. The van der Waals surface area contributed by atoms with Gasteiger partial charge in [0.15, 0.2) is 10.7 Å². The number of halogens is 5. The molecule has 2 nitrogen and oxygen atoms in total. The Hall–Kier alpha value is -0.250. The molecular formula is C12H5Cl5O2. The lowest BCUT2D eigenvalue weighted by Gasteiger charge is -2.34. The molecule has 0 aromatic carbocycles. The third-order valence-electron chi connectivity index (χ3n) is 2.84. The van der Waals surface area contributed by atoms with Gasteiger partial charge in [0.1, 0.15) is 5.03 Å². The second-order valence-corrected chi connectivity index (χ2v) is 6.03. The Kier molecular flexibility index (Phi) is 4.20. The highest BCUT2D eigenvalue weighted by Crippen LogP contribution is 2.50. The zero-order chi connectivity index (χ0) is 14.4. The minimum Gasteiger partial charge on any atom is -0.294 e. The number of allylic oxidation sites excluding steroid dienone is 8. The molecule has 2 rings (SSSR count). The summed E-state index contributed by atoms with van der Waals surface area (Å²) in [7, 11) is 0. The lowest BCUT2D eigenvalue weighted by atomic mass is 9.80. The van der Waals surface area contributed by atoms with Gasteiger partial charge in [-0.1, -0.05) is 64.6 Å². The maximum Gasteiger partial charge on any atom is 0.203 e. The van der Waals surface area contributed by atoms with E-state index in [-0.39, 0.29) is 25.9 Å². The zero-order valence-electron chi connectivity index (χ0n) is 9.09. The van der Waals surface area contributed by atoms with Crippen molar-refractivity contribution < 1.29 is 9.59 Å². The standard InChI is InChI=1S/C12H5Cl5O2/c13-7-8(14)10(16)12(17,11(19)9(7)15)5-3-1-2-4-6(5)18/h1-5H. The highest BCUT2D eigenvalue weighted by molar-refractivity contribution is 6.63. The highest BCUT2D eigenvalue weighted by atomic mass is 35.5. The van der Waals surface area contributed by atoms with Crippen LogP contribution in [0.15, 0.2) is 44.4 Å². The first-order chi connectivity index (χ1) is 8.81. The molecule has 0 spiro atoms. The summed E-state index contributed by atoms with van der Waals surface area (Å²) in [5, 5.41) is -0.827. The van der Waals surface area contributed by atoms with Gasteiger partial charge in [-0.3, -0.25) is 9.59 Å². The molecule has 19 heavy (non-hydrogen) atoms. The number of rotatable bonds is 1. The molecule has 7 heteroatoms. The fourth-order valence-electron chi connectivity index (χ4n) is 1.84. The molecule has 0 saturated heterocycles. The van der Waals surface area contributed by atoms with Crippen LogP contribution in [0.5, 0.6) is 0 Å². The number of Topliss-reactive ketones (excluding diaryl/α,β-unsaturated/α-hetero) is 1. The van der Waals surface area contributed by atoms with Crippen LogP contribution in [-0.4, -0.2) is 16.4 Å². The Morgan fingerprint density at radius 1 is 0.947 bits per heavy atom. The minimum absolute atomic E-state index is 0.126. The fourth-order valence-corrected chi connectivity index (χ4v) is 3.37. The minimum atomic E-state index is -1.85. The van der Waals surface area contributed by atoms with Gasteiger partial charge in [-0.05, 0) is 6.08 Å². The summed E-state index contributed by atoms with van der Waals surface area (Å²) < 4.78 is 0. The number of carbonyl (C=O) groups excluding carboxylic acids is 2. The SMILES string of the molecule is O=C1C=CC=CC1C1(Cl)C(=O)C(Cl)=C(Cl)C(Cl)=C1Cl. The van der Waals surface area contributed by atoms with Crippen molar-refractivity contribution in [1.29, 1.82) is 0 Å². The van der Waals surface area contributed by atoms with Gasteiger partial charge >= 0.3 is 0 Å². The Bertz CT molecular complexity index is 599. The molecule has 0 heterocycles. The van der Waals surface area contributed by atoms with Gasteiger partial charge in [0.05, 0.1) is 21.0 Å². The summed E-state index contributed by atoms with van der Waals surface area (Å²) in [5.74, 6) is -2.09. The van der Waals surface area contributed by atoms with Gasteiger partial charge in [0, 0.05) is 0 Å². The normalized spacial score (nSPS) is 31.5. The third-order valence-corrected chi connectivity index (χ3v) is 5.42. The number of ketones is 2. The van der Waals surface area contributed by atoms with Crippen molar-refractivity contribution in [2.45, 2.75) is 4.87 Å². The molecule has 100 valence electrons. The third kappa shape index (κ3) is 2.20. The van der Waals surface area contributed by atoms with Crippen LogP contribution in [-0.2, 0) is 9.59 Å². The van der Waals surface area contributed by atoms with Crippen molar-refractivity contribution in [3.63, 3.8) is 0 Å². The van der Waals surface area contributed by atoms with E-state index >= 15 is 0 Å². The van der Waals surface area contributed by atoms with Crippen molar-refractivity contribution in [2.75, 3.05) is 0 Å². The molecule has 2 unspecified atom stereocenters.